The number of nitrogen functional groups attached to an aromatic ring is 1. The highest BCUT2D eigenvalue weighted by Crippen LogP contribution is 2.31. The first-order valence-electron chi connectivity index (χ1n) is 11.8. The normalized spacial score (nSPS) is 11.6. The summed E-state index contributed by atoms with van der Waals surface area (Å²) in [5.41, 5.74) is 8.51. The highest BCUT2D eigenvalue weighted by atomic mass is 32.1. The molecule has 39 heavy (non-hydrogen) atoms. The molecule has 8 nitrogen and oxygen atoms in total. The van der Waals surface area contributed by atoms with Gasteiger partial charge in [0.05, 0.1) is 29.2 Å². The Morgan fingerprint density at radius 2 is 1.92 bits per heavy atom. The van der Waals surface area contributed by atoms with Gasteiger partial charge in [0, 0.05) is 21.3 Å². The molecule has 0 saturated carbocycles. The molecule has 0 bridgehead atoms. The van der Waals surface area contributed by atoms with E-state index >= 15 is 0 Å². The van der Waals surface area contributed by atoms with Gasteiger partial charge in [0.15, 0.2) is 11.6 Å². The SMILES string of the molecule is CC(NC(=O)c1cc(C#N)cnc1NCc1ccc(-c2ccc3ncnc(N)c3c2)s1)c1ccc(F)c(F)c1. The number of halogens is 2. The summed E-state index contributed by atoms with van der Waals surface area (Å²) < 4.78 is 27.0. The molecule has 5 rings (SSSR count). The van der Waals surface area contributed by atoms with Crippen molar-refractivity contribution in [2.45, 2.75) is 19.5 Å². The van der Waals surface area contributed by atoms with E-state index in [1.807, 2.05) is 36.4 Å². The molecule has 0 aliphatic carbocycles. The number of nitrogens with two attached hydrogens (primary N) is 1. The molecule has 3 aromatic heterocycles. The second-order valence-corrected chi connectivity index (χ2v) is 9.88. The number of thiophene rings is 1. The molecule has 0 spiro atoms. The lowest BCUT2D eigenvalue weighted by Crippen LogP contribution is -2.28. The molecule has 0 aliphatic rings. The van der Waals surface area contributed by atoms with E-state index in [-0.39, 0.29) is 16.9 Å². The van der Waals surface area contributed by atoms with Crippen LogP contribution in [0.3, 0.4) is 0 Å². The third-order valence-electron chi connectivity index (χ3n) is 6.10. The van der Waals surface area contributed by atoms with Crippen LogP contribution < -0.4 is 16.4 Å². The molecule has 3 heterocycles. The minimum absolute atomic E-state index is 0.158. The molecule has 5 aromatic rings. The average Bonchev–Trinajstić information content (AvgIpc) is 3.42. The van der Waals surface area contributed by atoms with Crippen LogP contribution >= 0.6 is 11.3 Å². The van der Waals surface area contributed by atoms with E-state index in [1.165, 1.54) is 24.7 Å². The lowest BCUT2D eigenvalue weighted by atomic mass is 10.1. The number of nitrogens with zero attached hydrogens (tertiary/aromatic N) is 4. The minimum Gasteiger partial charge on any atom is -0.383 e. The maximum atomic E-state index is 13.7. The first-order chi connectivity index (χ1) is 18.8. The van der Waals surface area contributed by atoms with Crippen LogP contribution in [0.1, 0.15) is 39.3 Å². The molecule has 0 fully saturated rings. The first-order valence-corrected chi connectivity index (χ1v) is 12.6. The lowest BCUT2D eigenvalue weighted by molar-refractivity contribution is 0.0940. The Morgan fingerprint density at radius 3 is 2.72 bits per heavy atom. The van der Waals surface area contributed by atoms with Gasteiger partial charge in [-0.2, -0.15) is 5.26 Å². The monoisotopic (exact) mass is 541 g/mol. The second-order valence-electron chi connectivity index (χ2n) is 8.71. The number of anilines is 2. The topological polar surface area (TPSA) is 130 Å². The molecular formula is C28H21F2N7OS. The third kappa shape index (κ3) is 5.51. The van der Waals surface area contributed by atoms with E-state index in [9.17, 15) is 18.8 Å². The molecule has 11 heteroatoms. The summed E-state index contributed by atoms with van der Waals surface area (Å²) in [4.78, 5) is 27.7. The van der Waals surface area contributed by atoms with Crippen molar-refractivity contribution in [3.05, 3.63) is 100 Å². The number of hydrogen-bond donors (Lipinski definition) is 3. The number of pyridine rings is 1. The zero-order chi connectivity index (χ0) is 27.5. The van der Waals surface area contributed by atoms with Crippen molar-refractivity contribution in [1.82, 2.24) is 20.3 Å². The number of benzene rings is 2. The minimum atomic E-state index is -1.00. The average molecular weight is 542 g/mol. The van der Waals surface area contributed by atoms with Crippen molar-refractivity contribution in [1.29, 1.82) is 5.26 Å². The van der Waals surface area contributed by atoms with E-state index in [0.717, 1.165) is 38.4 Å². The molecule has 4 N–H and O–H groups in total. The fourth-order valence-corrected chi connectivity index (χ4v) is 4.95. The predicted octanol–water partition coefficient (Wildman–Crippen LogP) is 5.59. The Bertz CT molecular complexity index is 1750. The van der Waals surface area contributed by atoms with Gasteiger partial charge in [-0.25, -0.2) is 23.7 Å². The molecule has 2 aromatic carbocycles. The van der Waals surface area contributed by atoms with Crippen molar-refractivity contribution in [2.75, 3.05) is 11.1 Å². The highest BCUT2D eigenvalue weighted by Gasteiger charge is 2.18. The highest BCUT2D eigenvalue weighted by molar-refractivity contribution is 7.15. The Kier molecular flexibility index (Phi) is 7.12. The summed E-state index contributed by atoms with van der Waals surface area (Å²) in [6, 6.07) is 16.0. The van der Waals surface area contributed by atoms with E-state index in [0.29, 0.717) is 17.9 Å². The molecule has 0 radical (unpaired) electrons. The Balaban J connectivity index is 1.33. The Morgan fingerprint density at radius 1 is 1.08 bits per heavy atom. The van der Waals surface area contributed by atoms with Gasteiger partial charge in [-0.05, 0) is 60.5 Å². The molecule has 1 amide bonds. The van der Waals surface area contributed by atoms with Crippen LogP contribution in [0, 0.1) is 23.0 Å². The van der Waals surface area contributed by atoms with Gasteiger partial charge in [0.1, 0.15) is 24.0 Å². The largest absolute Gasteiger partial charge is 0.383 e. The van der Waals surface area contributed by atoms with Crippen molar-refractivity contribution in [3.63, 3.8) is 0 Å². The molecule has 0 aliphatic heterocycles. The van der Waals surface area contributed by atoms with Gasteiger partial charge in [-0.1, -0.05) is 12.1 Å². The van der Waals surface area contributed by atoms with E-state index in [2.05, 4.69) is 25.6 Å². The summed E-state index contributed by atoms with van der Waals surface area (Å²) in [6.07, 6.45) is 2.81. The fraction of sp³-hybridized carbons (Fsp3) is 0.107. The van der Waals surface area contributed by atoms with Crippen molar-refractivity contribution in [2.24, 2.45) is 0 Å². The van der Waals surface area contributed by atoms with E-state index in [4.69, 9.17) is 5.73 Å². The number of fused-ring (bicyclic) bond motifs is 1. The van der Waals surface area contributed by atoms with Gasteiger partial charge in [0.25, 0.3) is 5.91 Å². The number of hydrogen-bond acceptors (Lipinski definition) is 8. The standard InChI is InChI=1S/C28H21F2N7OS/c1-15(17-2-5-22(29)23(30)10-17)37-28(38)21-8-16(11-31)12-33-27(21)34-13-19-4-7-25(39-19)18-3-6-24-20(9-18)26(32)36-14-35-24/h2-10,12,14-15H,13H2,1H3,(H,33,34)(H,37,38)(H2,32,35,36). The van der Waals surface area contributed by atoms with Gasteiger partial charge in [0.2, 0.25) is 0 Å². The van der Waals surface area contributed by atoms with Crippen LogP contribution in [-0.4, -0.2) is 20.9 Å². The first kappa shape index (κ1) is 25.7. The van der Waals surface area contributed by atoms with Gasteiger partial charge in [-0.3, -0.25) is 4.79 Å². The van der Waals surface area contributed by atoms with Crippen LogP contribution in [0.2, 0.25) is 0 Å². The van der Waals surface area contributed by atoms with Crippen molar-refractivity contribution in [3.8, 4) is 16.5 Å². The molecule has 0 saturated heterocycles. The van der Waals surface area contributed by atoms with E-state index < -0.39 is 23.6 Å². The molecule has 1 atom stereocenters. The van der Waals surface area contributed by atoms with Crippen LogP contribution in [-0.2, 0) is 6.54 Å². The molecular weight excluding hydrogens is 520 g/mol. The smallest absolute Gasteiger partial charge is 0.255 e. The quantitative estimate of drug-likeness (QED) is 0.245. The number of aromatic nitrogens is 3. The van der Waals surface area contributed by atoms with E-state index in [1.54, 1.807) is 18.3 Å². The summed E-state index contributed by atoms with van der Waals surface area (Å²) in [5, 5.41) is 16.0. The van der Waals surface area contributed by atoms with Crippen LogP contribution in [0.15, 0.2) is 67.1 Å². The van der Waals surface area contributed by atoms with Crippen molar-refractivity contribution >= 4 is 39.8 Å². The van der Waals surface area contributed by atoms with Crippen LogP contribution in [0.4, 0.5) is 20.4 Å². The Labute approximate surface area is 226 Å². The predicted molar refractivity (Wildman–Crippen MR) is 146 cm³/mol. The third-order valence-corrected chi connectivity index (χ3v) is 7.23. The maximum absolute atomic E-state index is 13.7. The fourth-order valence-electron chi connectivity index (χ4n) is 4.01. The number of nitrogens with one attached hydrogen (secondary N) is 2. The number of carbonyl (C=O) groups excluding carboxylic acids is 1. The Hall–Kier alpha value is -4.95. The number of rotatable bonds is 7. The zero-order valence-electron chi connectivity index (χ0n) is 20.6. The summed E-state index contributed by atoms with van der Waals surface area (Å²) in [6.45, 7) is 2.03. The molecule has 1 unspecified atom stereocenters. The summed E-state index contributed by atoms with van der Waals surface area (Å²) in [5.74, 6) is -1.78. The number of carbonyl (C=O) groups is 1. The van der Waals surface area contributed by atoms with Gasteiger partial charge in [-0.15, -0.1) is 11.3 Å². The lowest BCUT2D eigenvalue weighted by Gasteiger charge is -2.16. The molecule has 194 valence electrons. The second kappa shape index (κ2) is 10.8. The van der Waals surface area contributed by atoms with Crippen molar-refractivity contribution < 1.29 is 13.6 Å². The van der Waals surface area contributed by atoms with Crippen LogP contribution in [0.5, 0.6) is 0 Å². The number of amides is 1. The number of nitriles is 1. The summed E-state index contributed by atoms with van der Waals surface area (Å²) >= 11 is 1.56. The summed E-state index contributed by atoms with van der Waals surface area (Å²) in [7, 11) is 0. The van der Waals surface area contributed by atoms with Crippen LogP contribution in [0.25, 0.3) is 21.3 Å². The maximum Gasteiger partial charge on any atom is 0.255 e. The van der Waals surface area contributed by atoms with Gasteiger partial charge >= 0.3 is 0 Å². The van der Waals surface area contributed by atoms with Gasteiger partial charge < -0.3 is 16.4 Å². The zero-order valence-corrected chi connectivity index (χ0v) is 21.4.